The lowest BCUT2D eigenvalue weighted by atomic mass is 10.2. The number of ether oxygens (including phenoxy) is 1. The summed E-state index contributed by atoms with van der Waals surface area (Å²) in [5.41, 5.74) is -0.624. The van der Waals surface area contributed by atoms with Crippen molar-refractivity contribution in [2.45, 2.75) is 26.4 Å². The molecule has 0 fully saturated rings. The maximum Gasteiger partial charge on any atom is 0.407 e. The van der Waals surface area contributed by atoms with E-state index in [1.807, 2.05) is 0 Å². The Kier molecular flexibility index (Phi) is 6.48. The number of rotatable bonds is 4. The van der Waals surface area contributed by atoms with Crippen LogP contribution in [0.25, 0.3) is 0 Å². The summed E-state index contributed by atoms with van der Waals surface area (Å²) in [7, 11) is 0. The average molecular weight is 331 g/mol. The molecule has 0 atom stereocenters. The van der Waals surface area contributed by atoms with Crippen LogP contribution >= 0.6 is 12.2 Å². The third-order valence-electron chi connectivity index (χ3n) is 2.26. The lowest BCUT2D eigenvalue weighted by Crippen LogP contribution is -2.39. The number of halogens is 2. The lowest BCUT2D eigenvalue weighted by Gasteiger charge is -2.19. The highest BCUT2D eigenvalue weighted by atomic mass is 32.1. The van der Waals surface area contributed by atoms with Gasteiger partial charge in [0, 0.05) is 19.2 Å². The largest absolute Gasteiger partial charge is 0.444 e. The monoisotopic (exact) mass is 331 g/mol. The van der Waals surface area contributed by atoms with Gasteiger partial charge < -0.3 is 20.7 Å². The van der Waals surface area contributed by atoms with E-state index in [1.165, 1.54) is 0 Å². The second-order valence-corrected chi connectivity index (χ2v) is 5.84. The number of benzene rings is 1. The van der Waals surface area contributed by atoms with Gasteiger partial charge in [-0.15, -0.1) is 0 Å². The van der Waals surface area contributed by atoms with Crippen molar-refractivity contribution in [3.8, 4) is 0 Å². The normalized spacial score (nSPS) is 10.8. The van der Waals surface area contributed by atoms with Crippen molar-refractivity contribution < 1.29 is 18.3 Å². The predicted octanol–water partition coefficient (Wildman–Crippen LogP) is 2.78. The topological polar surface area (TPSA) is 62.4 Å². The van der Waals surface area contributed by atoms with Gasteiger partial charge in [-0.05, 0) is 45.1 Å². The molecule has 1 rings (SSSR count). The molecule has 0 aliphatic carbocycles. The van der Waals surface area contributed by atoms with Crippen molar-refractivity contribution in [2.75, 3.05) is 18.4 Å². The fraction of sp³-hybridized carbons (Fsp3) is 0.429. The molecular formula is C14H19F2N3O2S. The summed E-state index contributed by atoms with van der Waals surface area (Å²) >= 11 is 4.95. The number of anilines is 1. The van der Waals surface area contributed by atoms with Gasteiger partial charge in [-0.25, -0.2) is 13.6 Å². The van der Waals surface area contributed by atoms with E-state index in [0.29, 0.717) is 6.54 Å². The molecule has 0 aromatic heterocycles. The highest BCUT2D eigenvalue weighted by Gasteiger charge is 2.15. The number of hydrogen-bond acceptors (Lipinski definition) is 3. The highest BCUT2D eigenvalue weighted by molar-refractivity contribution is 7.80. The van der Waals surface area contributed by atoms with Crippen LogP contribution < -0.4 is 16.0 Å². The smallest absolute Gasteiger partial charge is 0.407 e. The van der Waals surface area contributed by atoms with Crippen LogP contribution in [-0.2, 0) is 4.74 Å². The first-order chi connectivity index (χ1) is 10.2. The Bertz CT molecular complexity index is 547. The van der Waals surface area contributed by atoms with Crippen molar-refractivity contribution in [3.05, 3.63) is 29.8 Å². The van der Waals surface area contributed by atoms with Crippen LogP contribution in [0.15, 0.2) is 18.2 Å². The van der Waals surface area contributed by atoms with Crippen LogP contribution in [-0.4, -0.2) is 29.9 Å². The first-order valence-electron chi connectivity index (χ1n) is 6.64. The van der Waals surface area contributed by atoms with Crippen LogP contribution in [0.3, 0.4) is 0 Å². The van der Waals surface area contributed by atoms with Crippen molar-refractivity contribution in [2.24, 2.45) is 0 Å². The van der Waals surface area contributed by atoms with E-state index >= 15 is 0 Å². The first-order valence-corrected chi connectivity index (χ1v) is 7.05. The molecule has 0 unspecified atom stereocenters. The van der Waals surface area contributed by atoms with Crippen LogP contribution in [0.2, 0.25) is 0 Å². The molecule has 1 amide bonds. The zero-order chi connectivity index (χ0) is 16.8. The molecule has 0 radical (unpaired) electrons. The SMILES string of the molecule is CC(C)(C)OC(=O)NCCNC(=S)Nc1cc(F)ccc1F. The Morgan fingerprint density at radius 2 is 1.86 bits per heavy atom. The number of alkyl carbamates (subject to hydrolysis) is 1. The first kappa shape index (κ1) is 18.1. The van der Waals surface area contributed by atoms with E-state index < -0.39 is 23.3 Å². The molecule has 1 aromatic carbocycles. The number of carbonyl (C=O) groups excluding carboxylic acids is 1. The maximum atomic E-state index is 13.4. The number of hydrogen-bond donors (Lipinski definition) is 3. The van der Waals surface area contributed by atoms with Crippen molar-refractivity contribution in [1.82, 2.24) is 10.6 Å². The molecule has 122 valence electrons. The zero-order valence-electron chi connectivity index (χ0n) is 12.6. The van der Waals surface area contributed by atoms with Crippen molar-refractivity contribution >= 4 is 29.1 Å². The Hall–Kier alpha value is -1.96. The molecule has 22 heavy (non-hydrogen) atoms. The molecule has 0 saturated heterocycles. The summed E-state index contributed by atoms with van der Waals surface area (Å²) < 4.78 is 31.4. The predicted molar refractivity (Wildman–Crippen MR) is 84.8 cm³/mol. The quantitative estimate of drug-likeness (QED) is 0.585. The van der Waals surface area contributed by atoms with Crippen LogP contribution in [0.4, 0.5) is 19.3 Å². The van der Waals surface area contributed by atoms with Gasteiger partial charge in [-0.1, -0.05) is 0 Å². The third kappa shape index (κ3) is 7.16. The molecule has 1 aromatic rings. The molecule has 3 N–H and O–H groups in total. The van der Waals surface area contributed by atoms with Gasteiger partial charge in [0.15, 0.2) is 5.11 Å². The summed E-state index contributed by atoms with van der Waals surface area (Å²) in [6.07, 6.45) is -0.538. The molecule has 0 aliphatic rings. The van der Waals surface area contributed by atoms with Gasteiger partial charge in [0.25, 0.3) is 0 Å². The van der Waals surface area contributed by atoms with Gasteiger partial charge in [-0.2, -0.15) is 0 Å². The Morgan fingerprint density at radius 3 is 2.50 bits per heavy atom. The van der Waals surface area contributed by atoms with E-state index in [4.69, 9.17) is 17.0 Å². The summed E-state index contributed by atoms with van der Waals surface area (Å²) in [4.78, 5) is 11.4. The second kappa shape index (κ2) is 7.88. The number of nitrogens with one attached hydrogen (secondary N) is 3. The zero-order valence-corrected chi connectivity index (χ0v) is 13.4. The van der Waals surface area contributed by atoms with Crippen LogP contribution in [0.1, 0.15) is 20.8 Å². The van der Waals surface area contributed by atoms with Crippen LogP contribution in [0, 0.1) is 11.6 Å². The fourth-order valence-corrected chi connectivity index (χ4v) is 1.63. The Morgan fingerprint density at radius 1 is 1.23 bits per heavy atom. The molecule has 0 spiro atoms. The molecule has 0 saturated carbocycles. The van der Waals surface area contributed by atoms with Crippen molar-refractivity contribution in [1.29, 1.82) is 0 Å². The Labute approximate surface area is 133 Å². The minimum absolute atomic E-state index is 0.0578. The molecular weight excluding hydrogens is 312 g/mol. The van der Waals surface area contributed by atoms with Gasteiger partial charge in [0.05, 0.1) is 5.69 Å². The molecule has 0 heterocycles. The minimum atomic E-state index is -0.613. The molecule has 8 heteroatoms. The second-order valence-electron chi connectivity index (χ2n) is 5.43. The molecule has 0 bridgehead atoms. The summed E-state index contributed by atoms with van der Waals surface area (Å²) in [6.45, 7) is 5.86. The summed E-state index contributed by atoms with van der Waals surface area (Å²) in [6, 6.07) is 3.02. The Balaban J connectivity index is 2.29. The van der Waals surface area contributed by atoms with Gasteiger partial charge in [0.1, 0.15) is 17.2 Å². The molecule has 0 aliphatic heterocycles. The van der Waals surface area contributed by atoms with E-state index in [0.717, 1.165) is 18.2 Å². The maximum absolute atomic E-state index is 13.4. The van der Waals surface area contributed by atoms with E-state index in [2.05, 4.69) is 16.0 Å². The molecule has 5 nitrogen and oxygen atoms in total. The van der Waals surface area contributed by atoms with E-state index in [-0.39, 0.29) is 17.3 Å². The highest BCUT2D eigenvalue weighted by Crippen LogP contribution is 2.14. The standard InChI is InChI=1S/C14H19F2N3O2S/c1-14(2,3)21-13(20)18-7-6-17-12(22)19-11-8-9(15)4-5-10(11)16/h4-5,8H,6-7H2,1-3H3,(H,18,20)(H2,17,19,22). The van der Waals surface area contributed by atoms with E-state index in [9.17, 15) is 13.6 Å². The number of carbonyl (C=O) groups is 1. The van der Waals surface area contributed by atoms with Gasteiger partial charge in [-0.3, -0.25) is 0 Å². The number of thiocarbonyl (C=S) groups is 1. The average Bonchev–Trinajstić information content (AvgIpc) is 2.37. The minimum Gasteiger partial charge on any atom is -0.444 e. The van der Waals surface area contributed by atoms with Crippen LogP contribution in [0.5, 0.6) is 0 Å². The summed E-state index contributed by atoms with van der Waals surface area (Å²) in [5.74, 6) is -1.18. The van der Waals surface area contributed by atoms with E-state index in [1.54, 1.807) is 20.8 Å². The van der Waals surface area contributed by atoms with Gasteiger partial charge >= 0.3 is 6.09 Å². The number of amides is 1. The third-order valence-corrected chi connectivity index (χ3v) is 2.50. The summed E-state index contributed by atoms with van der Waals surface area (Å²) in [5, 5.41) is 7.95. The van der Waals surface area contributed by atoms with Gasteiger partial charge in [0.2, 0.25) is 0 Å². The lowest BCUT2D eigenvalue weighted by molar-refractivity contribution is 0.0529. The fourth-order valence-electron chi connectivity index (χ4n) is 1.41. The van der Waals surface area contributed by atoms with Crippen molar-refractivity contribution in [3.63, 3.8) is 0 Å².